The largest absolute Gasteiger partial charge is 0.391 e. The molecule has 18 heavy (non-hydrogen) atoms. The number of nitrogens with one attached hydrogen (secondary N) is 1. The minimum absolute atomic E-state index is 0.216. The maximum atomic E-state index is 9.76. The second-order valence-electron chi connectivity index (χ2n) is 5.26. The summed E-state index contributed by atoms with van der Waals surface area (Å²) in [7, 11) is 0. The number of rotatable bonds is 4. The quantitative estimate of drug-likeness (QED) is 0.850. The van der Waals surface area contributed by atoms with E-state index in [2.05, 4.69) is 35.1 Å². The number of aliphatic hydroxyl groups excluding tert-OH is 1. The smallest absolute Gasteiger partial charge is 0.133 e. The predicted molar refractivity (Wildman–Crippen MR) is 73.7 cm³/mol. The SMILES string of the molecule is CC(C)NCc1cccnc1N1CCCC(O)C1. The molecule has 1 aliphatic rings. The molecule has 1 atom stereocenters. The van der Waals surface area contributed by atoms with Gasteiger partial charge >= 0.3 is 0 Å². The lowest BCUT2D eigenvalue weighted by Crippen LogP contribution is -2.39. The van der Waals surface area contributed by atoms with Crippen molar-refractivity contribution in [3.63, 3.8) is 0 Å². The molecule has 1 fully saturated rings. The van der Waals surface area contributed by atoms with Gasteiger partial charge in [0.15, 0.2) is 0 Å². The Labute approximate surface area is 109 Å². The number of nitrogens with zero attached hydrogens (tertiary/aromatic N) is 2. The van der Waals surface area contributed by atoms with Gasteiger partial charge in [0.2, 0.25) is 0 Å². The van der Waals surface area contributed by atoms with Crippen LogP contribution < -0.4 is 10.2 Å². The highest BCUT2D eigenvalue weighted by molar-refractivity contribution is 5.47. The lowest BCUT2D eigenvalue weighted by atomic mass is 10.1. The monoisotopic (exact) mass is 249 g/mol. The van der Waals surface area contributed by atoms with Crippen LogP contribution in [0.3, 0.4) is 0 Å². The van der Waals surface area contributed by atoms with Crippen LogP contribution in [0.2, 0.25) is 0 Å². The minimum Gasteiger partial charge on any atom is -0.391 e. The number of β-amino-alcohol motifs (C(OH)–C–C–N with tert-alkyl or cyclic N) is 1. The van der Waals surface area contributed by atoms with Crippen molar-refractivity contribution < 1.29 is 5.11 Å². The molecule has 1 aromatic rings. The Morgan fingerprint density at radius 3 is 3.11 bits per heavy atom. The van der Waals surface area contributed by atoms with Crippen LogP contribution in [0.15, 0.2) is 18.3 Å². The first-order chi connectivity index (χ1) is 8.66. The zero-order valence-corrected chi connectivity index (χ0v) is 11.3. The van der Waals surface area contributed by atoms with Crippen LogP contribution in [0.1, 0.15) is 32.3 Å². The molecule has 0 aliphatic carbocycles. The third-order valence-corrected chi connectivity index (χ3v) is 3.26. The Morgan fingerprint density at radius 2 is 2.39 bits per heavy atom. The molecular weight excluding hydrogens is 226 g/mol. The maximum absolute atomic E-state index is 9.76. The Morgan fingerprint density at radius 1 is 1.56 bits per heavy atom. The molecule has 100 valence electrons. The molecule has 0 amide bonds. The van der Waals surface area contributed by atoms with E-state index in [4.69, 9.17) is 0 Å². The first kappa shape index (κ1) is 13.3. The van der Waals surface area contributed by atoms with Crippen molar-refractivity contribution in [3.8, 4) is 0 Å². The van der Waals surface area contributed by atoms with Crippen LogP contribution in [0.25, 0.3) is 0 Å². The van der Waals surface area contributed by atoms with Gasteiger partial charge in [-0.25, -0.2) is 4.98 Å². The molecule has 4 heteroatoms. The van der Waals surface area contributed by atoms with Crippen molar-refractivity contribution in [3.05, 3.63) is 23.9 Å². The van der Waals surface area contributed by atoms with Gasteiger partial charge in [0, 0.05) is 37.4 Å². The normalized spacial score (nSPS) is 20.4. The standard InChI is InChI=1S/C14H23N3O/c1-11(2)16-9-12-5-3-7-15-14(12)17-8-4-6-13(18)10-17/h3,5,7,11,13,16,18H,4,6,8-10H2,1-2H3. The van der Waals surface area contributed by atoms with E-state index in [1.54, 1.807) is 0 Å². The average molecular weight is 249 g/mol. The van der Waals surface area contributed by atoms with E-state index < -0.39 is 0 Å². The van der Waals surface area contributed by atoms with E-state index >= 15 is 0 Å². The van der Waals surface area contributed by atoms with E-state index in [9.17, 15) is 5.11 Å². The molecule has 0 spiro atoms. The van der Waals surface area contributed by atoms with Gasteiger partial charge in [-0.15, -0.1) is 0 Å². The van der Waals surface area contributed by atoms with Crippen LogP contribution in [-0.4, -0.2) is 35.3 Å². The highest BCUT2D eigenvalue weighted by atomic mass is 16.3. The first-order valence-electron chi connectivity index (χ1n) is 6.77. The summed E-state index contributed by atoms with van der Waals surface area (Å²) in [6.45, 7) is 6.79. The first-order valence-corrected chi connectivity index (χ1v) is 6.77. The summed E-state index contributed by atoms with van der Waals surface area (Å²) in [5, 5.41) is 13.2. The van der Waals surface area contributed by atoms with E-state index in [1.165, 1.54) is 5.56 Å². The van der Waals surface area contributed by atoms with Crippen LogP contribution in [0.4, 0.5) is 5.82 Å². The molecule has 1 aliphatic heterocycles. The Hall–Kier alpha value is -1.13. The van der Waals surface area contributed by atoms with Gasteiger partial charge in [-0.1, -0.05) is 19.9 Å². The Kier molecular flexibility index (Phi) is 4.55. The van der Waals surface area contributed by atoms with E-state index in [0.29, 0.717) is 12.6 Å². The second kappa shape index (κ2) is 6.16. The predicted octanol–water partition coefficient (Wildman–Crippen LogP) is 1.54. The van der Waals surface area contributed by atoms with Gasteiger partial charge in [-0.05, 0) is 18.9 Å². The number of hydrogen-bond acceptors (Lipinski definition) is 4. The summed E-state index contributed by atoms with van der Waals surface area (Å²) in [6.07, 6.45) is 3.55. The molecule has 2 heterocycles. The molecule has 0 saturated carbocycles. The number of pyridine rings is 1. The van der Waals surface area contributed by atoms with E-state index in [0.717, 1.165) is 31.7 Å². The van der Waals surface area contributed by atoms with E-state index in [1.807, 2.05) is 12.3 Å². The fourth-order valence-electron chi connectivity index (χ4n) is 2.31. The highest BCUT2D eigenvalue weighted by Gasteiger charge is 2.20. The summed E-state index contributed by atoms with van der Waals surface area (Å²) in [4.78, 5) is 6.69. The van der Waals surface area contributed by atoms with Crippen molar-refractivity contribution >= 4 is 5.82 Å². The van der Waals surface area contributed by atoms with Crippen molar-refractivity contribution in [1.29, 1.82) is 0 Å². The van der Waals surface area contributed by atoms with Gasteiger partial charge < -0.3 is 15.3 Å². The zero-order chi connectivity index (χ0) is 13.0. The van der Waals surface area contributed by atoms with Crippen molar-refractivity contribution in [2.75, 3.05) is 18.0 Å². The number of anilines is 1. The van der Waals surface area contributed by atoms with Crippen LogP contribution in [0, 0.1) is 0 Å². The van der Waals surface area contributed by atoms with Gasteiger partial charge in [-0.3, -0.25) is 0 Å². The molecule has 1 saturated heterocycles. The summed E-state index contributed by atoms with van der Waals surface area (Å²) in [5.41, 5.74) is 1.21. The van der Waals surface area contributed by atoms with Gasteiger partial charge in [-0.2, -0.15) is 0 Å². The topological polar surface area (TPSA) is 48.4 Å². The minimum atomic E-state index is -0.216. The molecule has 1 aromatic heterocycles. The van der Waals surface area contributed by atoms with Crippen LogP contribution in [0.5, 0.6) is 0 Å². The molecular formula is C14H23N3O. The molecule has 4 nitrogen and oxygen atoms in total. The van der Waals surface area contributed by atoms with Crippen LogP contribution in [-0.2, 0) is 6.54 Å². The van der Waals surface area contributed by atoms with Crippen molar-refractivity contribution in [1.82, 2.24) is 10.3 Å². The molecule has 2 N–H and O–H groups in total. The fourth-order valence-corrected chi connectivity index (χ4v) is 2.31. The third-order valence-electron chi connectivity index (χ3n) is 3.26. The molecule has 0 bridgehead atoms. The van der Waals surface area contributed by atoms with Crippen LogP contribution >= 0.6 is 0 Å². The fraction of sp³-hybridized carbons (Fsp3) is 0.643. The summed E-state index contributed by atoms with van der Waals surface area (Å²) < 4.78 is 0. The van der Waals surface area contributed by atoms with Crippen molar-refractivity contribution in [2.45, 2.75) is 45.4 Å². The number of aromatic nitrogens is 1. The lowest BCUT2D eigenvalue weighted by molar-refractivity contribution is 0.153. The average Bonchev–Trinajstić information content (AvgIpc) is 2.36. The molecule has 1 unspecified atom stereocenters. The van der Waals surface area contributed by atoms with Crippen molar-refractivity contribution in [2.24, 2.45) is 0 Å². The molecule has 0 radical (unpaired) electrons. The maximum Gasteiger partial charge on any atom is 0.133 e. The van der Waals surface area contributed by atoms with Gasteiger partial charge in [0.1, 0.15) is 5.82 Å². The second-order valence-corrected chi connectivity index (χ2v) is 5.26. The number of hydrogen-bond donors (Lipinski definition) is 2. The Bertz CT molecular complexity index is 381. The molecule has 0 aromatic carbocycles. The summed E-state index contributed by atoms with van der Waals surface area (Å²) in [5.74, 6) is 1.02. The highest BCUT2D eigenvalue weighted by Crippen LogP contribution is 2.21. The molecule has 2 rings (SSSR count). The Balaban J connectivity index is 2.10. The zero-order valence-electron chi connectivity index (χ0n) is 11.3. The van der Waals surface area contributed by atoms with Gasteiger partial charge in [0.05, 0.1) is 6.10 Å². The summed E-state index contributed by atoms with van der Waals surface area (Å²) in [6, 6.07) is 4.55. The third kappa shape index (κ3) is 3.43. The number of piperidine rings is 1. The number of aliphatic hydroxyl groups is 1. The lowest BCUT2D eigenvalue weighted by Gasteiger charge is -2.32. The summed E-state index contributed by atoms with van der Waals surface area (Å²) >= 11 is 0. The van der Waals surface area contributed by atoms with Gasteiger partial charge in [0.25, 0.3) is 0 Å². The van der Waals surface area contributed by atoms with E-state index in [-0.39, 0.29) is 6.10 Å².